The molecule has 6 rings (SSSR count). The number of ether oxygens (including phenoxy) is 1. The van der Waals surface area contributed by atoms with Gasteiger partial charge in [-0.1, -0.05) is 24.6 Å². The van der Waals surface area contributed by atoms with Crippen LogP contribution in [0.5, 0.6) is 11.5 Å². The number of piperazine rings is 1. The van der Waals surface area contributed by atoms with Crippen molar-refractivity contribution in [3.8, 4) is 11.5 Å². The smallest absolute Gasteiger partial charge is 0.141 e. The summed E-state index contributed by atoms with van der Waals surface area (Å²) in [6, 6.07) is 17.5. The fourth-order valence-electron chi connectivity index (χ4n) is 5.36. The number of anilines is 2. The third-order valence-corrected chi connectivity index (χ3v) is 7.70. The van der Waals surface area contributed by atoms with Crippen LogP contribution in [0.4, 0.5) is 11.6 Å². The molecule has 0 unspecified atom stereocenters. The summed E-state index contributed by atoms with van der Waals surface area (Å²) < 4.78 is 5.84. The predicted molar refractivity (Wildman–Crippen MR) is 149 cm³/mol. The number of nitrogens with two attached hydrogens (primary N) is 1. The second kappa shape index (κ2) is 11.3. The van der Waals surface area contributed by atoms with E-state index in [1.807, 2.05) is 54.6 Å². The summed E-state index contributed by atoms with van der Waals surface area (Å²) in [5, 5.41) is 15.5. The zero-order valence-corrected chi connectivity index (χ0v) is 21.5. The second-order valence-corrected chi connectivity index (χ2v) is 10.5. The molecule has 2 aromatic carbocycles. The molecule has 0 radical (unpaired) electrons. The first-order valence-electron chi connectivity index (χ1n) is 13.2. The molecule has 2 heterocycles. The van der Waals surface area contributed by atoms with Gasteiger partial charge in [-0.25, -0.2) is 9.97 Å². The maximum absolute atomic E-state index is 8.75. The Morgan fingerprint density at radius 1 is 1.03 bits per heavy atom. The van der Waals surface area contributed by atoms with Gasteiger partial charge in [-0.05, 0) is 74.5 Å². The Balaban J connectivity index is 0.000000348. The van der Waals surface area contributed by atoms with Gasteiger partial charge in [0.15, 0.2) is 0 Å². The van der Waals surface area contributed by atoms with E-state index in [2.05, 4.69) is 32.5 Å². The van der Waals surface area contributed by atoms with Crippen molar-refractivity contribution in [1.29, 1.82) is 5.41 Å². The Hall–Kier alpha value is -3.49. The number of benzene rings is 2. The van der Waals surface area contributed by atoms with Crippen LogP contribution in [0.15, 0.2) is 60.9 Å². The minimum Gasteiger partial charge on any atom is -0.457 e. The van der Waals surface area contributed by atoms with Crippen LogP contribution < -0.4 is 21.1 Å². The van der Waals surface area contributed by atoms with E-state index < -0.39 is 0 Å². The van der Waals surface area contributed by atoms with Gasteiger partial charge in [0.1, 0.15) is 29.5 Å². The van der Waals surface area contributed by atoms with Gasteiger partial charge in [-0.2, -0.15) is 0 Å². The van der Waals surface area contributed by atoms with Crippen LogP contribution in [0.1, 0.15) is 43.2 Å². The highest BCUT2D eigenvalue weighted by atomic mass is 16.5. The number of nitrogens with zero attached hydrogens (tertiary/aromatic N) is 3. The van der Waals surface area contributed by atoms with E-state index in [4.69, 9.17) is 15.9 Å². The molecule has 2 aliphatic carbocycles. The number of aromatic nitrogens is 2. The summed E-state index contributed by atoms with van der Waals surface area (Å²) in [6.07, 6.45) is 7.86. The topological polar surface area (TPSA) is 112 Å². The minimum absolute atomic E-state index is 0.305. The summed E-state index contributed by atoms with van der Waals surface area (Å²) in [6.45, 7) is 4.74. The van der Waals surface area contributed by atoms with Crippen LogP contribution in [0.3, 0.4) is 0 Å². The van der Waals surface area contributed by atoms with E-state index in [-0.39, 0.29) is 0 Å². The highest BCUT2D eigenvalue weighted by Crippen LogP contribution is 2.56. The monoisotopic (exact) mass is 499 g/mol. The molecule has 0 atom stereocenters. The molecule has 5 N–H and O–H groups in total. The molecule has 8 nitrogen and oxygen atoms in total. The summed E-state index contributed by atoms with van der Waals surface area (Å²) in [5.41, 5.74) is 8.33. The molecule has 1 aromatic heterocycles. The SMILES string of the molecule is CN1CCNCC1.N=C(c1ccc(Oc2ccccc2)cc1)c1c(N)ncnc1NC1CC2(CCC2)C1. The van der Waals surface area contributed by atoms with Gasteiger partial charge >= 0.3 is 0 Å². The molecule has 194 valence electrons. The Kier molecular flexibility index (Phi) is 7.67. The first kappa shape index (κ1) is 25.2. The fraction of sp³-hybridized carbons (Fsp3) is 0.414. The lowest BCUT2D eigenvalue weighted by Crippen LogP contribution is -2.49. The van der Waals surface area contributed by atoms with Gasteiger partial charge < -0.3 is 26.0 Å². The van der Waals surface area contributed by atoms with Crippen molar-refractivity contribution in [3.05, 3.63) is 72.1 Å². The van der Waals surface area contributed by atoms with Gasteiger partial charge in [-0.3, -0.25) is 5.41 Å². The van der Waals surface area contributed by atoms with E-state index in [1.165, 1.54) is 51.5 Å². The van der Waals surface area contributed by atoms with Gasteiger partial charge in [-0.15, -0.1) is 0 Å². The molecule has 3 aromatic rings. The molecule has 1 spiro atoms. The molecular weight excluding hydrogens is 462 g/mol. The lowest BCUT2D eigenvalue weighted by atomic mass is 9.54. The Labute approximate surface area is 219 Å². The quantitative estimate of drug-likeness (QED) is 0.369. The minimum atomic E-state index is 0.305. The summed E-state index contributed by atoms with van der Waals surface area (Å²) >= 11 is 0. The molecule has 2 saturated carbocycles. The molecule has 3 fully saturated rings. The fourth-order valence-corrected chi connectivity index (χ4v) is 5.36. The number of nitrogens with one attached hydrogen (secondary N) is 3. The standard InChI is InChI=1S/C24H25N5O.C5H12N2/c25-21(16-7-9-19(10-8-16)30-18-5-2-1-3-6-18)20-22(26)27-15-28-23(20)29-17-13-24(14-17)11-4-12-24;1-7-4-2-6-3-5-7/h1-3,5-10,15,17,25H,4,11-14H2,(H3,26,27,28,29);6H,2-5H2,1H3. The van der Waals surface area contributed by atoms with E-state index >= 15 is 0 Å². The third kappa shape index (κ3) is 6.09. The van der Waals surface area contributed by atoms with Crippen molar-refractivity contribution in [3.63, 3.8) is 0 Å². The van der Waals surface area contributed by atoms with Crippen LogP contribution >= 0.6 is 0 Å². The van der Waals surface area contributed by atoms with E-state index in [0.717, 1.165) is 24.4 Å². The van der Waals surface area contributed by atoms with Gasteiger partial charge in [0.2, 0.25) is 0 Å². The van der Waals surface area contributed by atoms with Crippen LogP contribution in [0.25, 0.3) is 0 Å². The van der Waals surface area contributed by atoms with Gasteiger partial charge in [0, 0.05) is 37.8 Å². The zero-order valence-electron chi connectivity index (χ0n) is 21.5. The molecule has 3 aliphatic rings. The normalized spacial score (nSPS) is 18.6. The van der Waals surface area contributed by atoms with Crippen molar-refractivity contribution in [2.45, 2.75) is 38.1 Å². The molecule has 0 bridgehead atoms. The van der Waals surface area contributed by atoms with Crippen molar-refractivity contribution >= 4 is 17.3 Å². The molecule has 37 heavy (non-hydrogen) atoms. The van der Waals surface area contributed by atoms with Crippen molar-refractivity contribution in [1.82, 2.24) is 20.2 Å². The maximum atomic E-state index is 8.75. The van der Waals surface area contributed by atoms with E-state index in [1.54, 1.807) is 0 Å². The average molecular weight is 500 g/mol. The highest BCUT2D eigenvalue weighted by molar-refractivity contribution is 6.16. The number of hydrogen-bond donors (Lipinski definition) is 4. The number of nitrogen functional groups attached to an aromatic ring is 1. The van der Waals surface area contributed by atoms with E-state index in [9.17, 15) is 0 Å². The molecule has 8 heteroatoms. The predicted octanol–water partition coefficient (Wildman–Crippen LogP) is 4.53. The van der Waals surface area contributed by atoms with E-state index in [0.29, 0.717) is 40.1 Å². The summed E-state index contributed by atoms with van der Waals surface area (Å²) in [7, 11) is 2.15. The number of hydrogen-bond acceptors (Lipinski definition) is 8. The first-order chi connectivity index (χ1) is 18.0. The first-order valence-corrected chi connectivity index (χ1v) is 13.2. The lowest BCUT2D eigenvalue weighted by Gasteiger charge is -2.54. The van der Waals surface area contributed by atoms with Crippen LogP contribution in [-0.2, 0) is 0 Å². The van der Waals surface area contributed by atoms with Crippen molar-refractivity contribution < 1.29 is 4.74 Å². The van der Waals surface area contributed by atoms with Crippen LogP contribution in [0.2, 0.25) is 0 Å². The van der Waals surface area contributed by atoms with Gasteiger partial charge in [0.05, 0.1) is 11.3 Å². The number of rotatable bonds is 6. The van der Waals surface area contributed by atoms with Crippen LogP contribution in [-0.4, -0.2) is 59.8 Å². The summed E-state index contributed by atoms with van der Waals surface area (Å²) in [4.78, 5) is 10.9. The molecular formula is C29H37N7O. The largest absolute Gasteiger partial charge is 0.457 e. The Bertz CT molecular complexity index is 1180. The maximum Gasteiger partial charge on any atom is 0.141 e. The van der Waals surface area contributed by atoms with Crippen molar-refractivity contribution in [2.75, 3.05) is 44.3 Å². The Morgan fingerprint density at radius 2 is 1.70 bits per heavy atom. The lowest BCUT2D eigenvalue weighted by molar-refractivity contribution is 0.0191. The zero-order chi connectivity index (χ0) is 25.7. The number of likely N-dealkylation sites (N-methyl/N-ethyl adjacent to an activating group) is 1. The molecule has 1 saturated heterocycles. The van der Waals surface area contributed by atoms with Crippen LogP contribution in [0, 0.1) is 10.8 Å². The molecule has 0 amide bonds. The highest BCUT2D eigenvalue weighted by Gasteiger charge is 2.48. The Morgan fingerprint density at radius 3 is 2.30 bits per heavy atom. The number of para-hydroxylation sites is 1. The molecule has 1 aliphatic heterocycles. The van der Waals surface area contributed by atoms with Crippen molar-refractivity contribution in [2.24, 2.45) is 5.41 Å². The average Bonchev–Trinajstić information content (AvgIpc) is 2.86. The summed E-state index contributed by atoms with van der Waals surface area (Å²) in [5.74, 6) is 2.46. The van der Waals surface area contributed by atoms with Gasteiger partial charge in [0.25, 0.3) is 0 Å². The second-order valence-electron chi connectivity index (χ2n) is 10.5. The third-order valence-electron chi connectivity index (χ3n) is 7.70.